The Hall–Kier alpha value is -1.00. The van der Waals surface area contributed by atoms with E-state index in [4.69, 9.17) is 0 Å². The summed E-state index contributed by atoms with van der Waals surface area (Å²) in [7, 11) is 0. The van der Waals surface area contributed by atoms with Crippen LogP contribution >= 0.6 is 11.9 Å². The maximum Gasteiger partial charge on any atom is 0.130 e. The number of fused-ring (bicyclic) bond motifs is 3. The fraction of sp³-hybridized carbons (Fsp3) is 0.579. The van der Waals surface area contributed by atoms with E-state index in [1.807, 2.05) is 11.5 Å². The minimum Gasteiger partial charge on any atom is -0.385 e. The molecule has 0 saturated heterocycles. The Balaban J connectivity index is 1.80. The van der Waals surface area contributed by atoms with Crippen LogP contribution in [0.1, 0.15) is 50.2 Å². The van der Waals surface area contributed by atoms with Gasteiger partial charge in [-0.05, 0) is 73.5 Å². The van der Waals surface area contributed by atoms with Gasteiger partial charge in [-0.25, -0.2) is 4.39 Å². The fourth-order valence-corrected chi connectivity index (χ4v) is 4.45. The molecule has 0 bridgehead atoms. The van der Waals surface area contributed by atoms with Gasteiger partial charge in [-0.1, -0.05) is 30.7 Å². The van der Waals surface area contributed by atoms with Crippen LogP contribution < -0.4 is 10.0 Å². The van der Waals surface area contributed by atoms with Crippen LogP contribution in [0.2, 0.25) is 0 Å². The SMILES string of the molecule is C=CSNCC1CCC2CNc3ccc(C(C)(C)F)cc3C2C1. The molecule has 1 heterocycles. The minimum atomic E-state index is -1.28. The lowest BCUT2D eigenvalue weighted by Crippen LogP contribution is -2.35. The number of hydrogen-bond acceptors (Lipinski definition) is 3. The number of anilines is 1. The molecule has 0 spiro atoms. The number of halogens is 1. The molecule has 4 heteroatoms. The number of alkyl halides is 1. The van der Waals surface area contributed by atoms with Gasteiger partial charge in [0.05, 0.1) is 0 Å². The molecule has 3 atom stereocenters. The quantitative estimate of drug-likeness (QED) is 0.572. The summed E-state index contributed by atoms with van der Waals surface area (Å²) in [5.74, 6) is 1.93. The van der Waals surface area contributed by atoms with Crippen LogP contribution in [-0.4, -0.2) is 13.1 Å². The van der Waals surface area contributed by atoms with Gasteiger partial charge >= 0.3 is 0 Å². The summed E-state index contributed by atoms with van der Waals surface area (Å²) in [6.07, 6.45) is 3.73. The number of benzene rings is 1. The van der Waals surface area contributed by atoms with E-state index in [0.717, 1.165) is 18.7 Å². The second-order valence-corrected chi connectivity index (χ2v) is 8.19. The van der Waals surface area contributed by atoms with Crippen molar-refractivity contribution in [3.8, 4) is 0 Å². The van der Waals surface area contributed by atoms with Gasteiger partial charge in [0.15, 0.2) is 0 Å². The monoisotopic (exact) mass is 334 g/mol. The van der Waals surface area contributed by atoms with Crippen molar-refractivity contribution in [3.05, 3.63) is 41.3 Å². The van der Waals surface area contributed by atoms with Gasteiger partial charge in [-0.2, -0.15) is 0 Å². The third-order valence-corrected chi connectivity index (χ3v) is 5.83. The molecule has 0 radical (unpaired) electrons. The summed E-state index contributed by atoms with van der Waals surface area (Å²) in [5.41, 5.74) is 2.04. The average Bonchev–Trinajstić information content (AvgIpc) is 2.53. The van der Waals surface area contributed by atoms with Crippen LogP contribution in [0.3, 0.4) is 0 Å². The molecular formula is C19H27FN2S. The van der Waals surface area contributed by atoms with Crippen molar-refractivity contribution in [2.45, 2.75) is 44.7 Å². The Morgan fingerprint density at radius 3 is 3.00 bits per heavy atom. The van der Waals surface area contributed by atoms with Crippen LogP contribution in [0.15, 0.2) is 30.2 Å². The Bertz CT molecular complexity index is 567. The fourth-order valence-electron chi connectivity index (χ4n) is 4.00. The maximum atomic E-state index is 14.4. The number of rotatable bonds is 5. The highest BCUT2D eigenvalue weighted by atomic mass is 32.2. The van der Waals surface area contributed by atoms with Crippen LogP contribution in [0.25, 0.3) is 0 Å². The Morgan fingerprint density at radius 1 is 1.43 bits per heavy atom. The van der Waals surface area contributed by atoms with Crippen molar-refractivity contribution in [3.63, 3.8) is 0 Å². The molecule has 2 nitrogen and oxygen atoms in total. The minimum absolute atomic E-state index is 0.558. The maximum absolute atomic E-state index is 14.4. The van der Waals surface area contributed by atoms with Crippen molar-refractivity contribution in [1.82, 2.24) is 4.72 Å². The highest BCUT2D eigenvalue weighted by Crippen LogP contribution is 2.46. The molecule has 0 amide bonds. The van der Waals surface area contributed by atoms with Crippen LogP contribution in [0, 0.1) is 11.8 Å². The molecule has 1 aliphatic carbocycles. The zero-order chi connectivity index (χ0) is 16.4. The van der Waals surface area contributed by atoms with E-state index in [1.165, 1.54) is 30.5 Å². The molecular weight excluding hydrogens is 307 g/mol. The van der Waals surface area contributed by atoms with E-state index in [1.54, 1.807) is 25.8 Å². The van der Waals surface area contributed by atoms with Gasteiger partial charge in [0, 0.05) is 18.8 Å². The molecule has 1 aromatic carbocycles. The lowest BCUT2D eigenvalue weighted by molar-refractivity contribution is 0.219. The van der Waals surface area contributed by atoms with Crippen molar-refractivity contribution >= 4 is 17.6 Å². The summed E-state index contributed by atoms with van der Waals surface area (Å²) >= 11 is 1.57. The summed E-state index contributed by atoms with van der Waals surface area (Å²) in [5, 5.41) is 5.39. The lowest BCUT2D eigenvalue weighted by Gasteiger charge is -2.41. The van der Waals surface area contributed by atoms with Gasteiger partial charge in [-0.3, -0.25) is 4.72 Å². The van der Waals surface area contributed by atoms with E-state index in [9.17, 15) is 4.39 Å². The molecule has 23 heavy (non-hydrogen) atoms. The highest BCUT2D eigenvalue weighted by Gasteiger charge is 2.36. The van der Waals surface area contributed by atoms with Crippen molar-refractivity contribution in [1.29, 1.82) is 0 Å². The number of nitrogens with one attached hydrogen (secondary N) is 2. The second-order valence-electron chi connectivity index (χ2n) is 7.33. The third-order valence-electron chi connectivity index (χ3n) is 5.33. The first-order chi connectivity index (χ1) is 11.0. The normalized spacial score (nSPS) is 26.8. The molecule has 1 aromatic rings. The predicted octanol–water partition coefficient (Wildman–Crippen LogP) is 5.20. The zero-order valence-corrected chi connectivity index (χ0v) is 14.9. The van der Waals surface area contributed by atoms with Gasteiger partial charge in [0.2, 0.25) is 0 Å². The predicted molar refractivity (Wildman–Crippen MR) is 98.4 cm³/mol. The Morgan fingerprint density at radius 2 is 2.26 bits per heavy atom. The lowest BCUT2D eigenvalue weighted by atomic mass is 9.69. The molecule has 0 aromatic heterocycles. The molecule has 1 saturated carbocycles. The standard InChI is InChI=1S/C19H27FN2S/c1-4-23-22-11-13-5-6-14-12-21-18-8-7-15(19(2,3)20)10-17(18)16(14)9-13/h4,7-8,10,13-14,16,21-22H,1,5-6,9,11-12H2,2-3H3. The summed E-state index contributed by atoms with van der Waals surface area (Å²) < 4.78 is 17.7. The molecule has 2 aliphatic rings. The summed E-state index contributed by atoms with van der Waals surface area (Å²) in [4.78, 5) is 0. The average molecular weight is 335 g/mol. The molecule has 3 rings (SSSR count). The van der Waals surface area contributed by atoms with Gasteiger partial charge < -0.3 is 5.32 Å². The van der Waals surface area contributed by atoms with Crippen LogP contribution in [-0.2, 0) is 5.67 Å². The van der Waals surface area contributed by atoms with Crippen molar-refractivity contribution in [2.75, 3.05) is 18.4 Å². The largest absolute Gasteiger partial charge is 0.385 e. The summed E-state index contributed by atoms with van der Waals surface area (Å²) in [6.45, 7) is 9.09. The molecule has 2 N–H and O–H groups in total. The van der Waals surface area contributed by atoms with Gasteiger partial charge in [0.25, 0.3) is 0 Å². The first kappa shape index (κ1) is 16.8. The van der Waals surface area contributed by atoms with E-state index >= 15 is 0 Å². The van der Waals surface area contributed by atoms with Crippen molar-refractivity contribution < 1.29 is 4.39 Å². The van der Waals surface area contributed by atoms with E-state index < -0.39 is 5.67 Å². The summed E-state index contributed by atoms with van der Waals surface area (Å²) in [6, 6.07) is 6.10. The first-order valence-corrected chi connectivity index (χ1v) is 9.43. The molecule has 1 fully saturated rings. The van der Waals surface area contributed by atoms with Crippen molar-refractivity contribution in [2.24, 2.45) is 11.8 Å². The highest BCUT2D eigenvalue weighted by molar-refractivity contribution is 8.00. The third kappa shape index (κ3) is 3.74. The Kier molecular flexibility index (Phi) is 5.02. The van der Waals surface area contributed by atoms with Gasteiger partial charge in [0.1, 0.15) is 5.67 Å². The van der Waals surface area contributed by atoms with Crippen LogP contribution in [0.4, 0.5) is 10.1 Å². The van der Waals surface area contributed by atoms with Crippen LogP contribution in [0.5, 0.6) is 0 Å². The zero-order valence-electron chi connectivity index (χ0n) is 14.1. The van der Waals surface area contributed by atoms with E-state index in [-0.39, 0.29) is 0 Å². The second kappa shape index (κ2) is 6.86. The van der Waals surface area contributed by atoms with Gasteiger partial charge in [-0.15, -0.1) is 0 Å². The Labute approximate surface area is 143 Å². The first-order valence-electron chi connectivity index (χ1n) is 8.55. The molecule has 1 aliphatic heterocycles. The number of hydrogen-bond donors (Lipinski definition) is 2. The topological polar surface area (TPSA) is 24.1 Å². The van der Waals surface area contributed by atoms with E-state index in [2.05, 4.69) is 28.8 Å². The molecule has 3 unspecified atom stereocenters. The van der Waals surface area contributed by atoms with E-state index in [0.29, 0.717) is 17.8 Å². The molecule has 126 valence electrons. The smallest absolute Gasteiger partial charge is 0.130 e.